The largest absolute Gasteiger partial charge is 0.507 e. The van der Waals surface area contributed by atoms with E-state index in [1.807, 2.05) is 0 Å². The van der Waals surface area contributed by atoms with Gasteiger partial charge in [0.25, 0.3) is 5.91 Å². The highest BCUT2D eigenvalue weighted by Gasteiger charge is 2.32. The summed E-state index contributed by atoms with van der Waals surface area (Å²) in [5.41, 5.74) is 0.653. The minimum Gasteiger partial charge on any atom is -0.507 e. The molecule has 0 aromatic heterocycles. The fourth-order valence-electron chi connectivity index (χ4n) is 3.07. The van der Waals surface area contributed by atoms with Gasteiger partial charge in [-0.15, -0.1) is 0 Å². The predicted octanol–water partition coefficient (Wildman–Crippen LogP) is 3.05. The van der Waals surface area contributed by atoms with E-state index in [-0.39, 0.29) is 36.9 Å². The molecule has 0 radical (unpaired) electrons. The summed E-state index contributed by atoms with van der Waals surface area (Å²) in [6, 6.07) is 9.05. The van der Waals surface area contributed by atoms with Crippen molar-refractivity contribution in [3.63, 3.8) is 0 Å². The molecule has 2 amide bonds. The van der Waals surface area contributed by atoms with Crippen LogP contribution in [0.4, 0.5) is 5.69 Å². The molecule has 0 saturated carbocycles. The van der Waals surface area contributed by atoms with E-state index in [0.717, 1.165) is 23.4 Å². The monoisotopic (exact) mass is 472 g/mol. The summed E-state index contributed by atoms with van der Waals surface area (Å²) in [4.78, 5) is 37.9. The van der Waals surface area contributed by atoms with Crippen molar-refractivity contribution in [2.24, 2.45) is 0 Å². The number of aromatic carboxylic acids is 1. The number of aromatic hydroxyl groups is 1. The lowest BCUT2D eigenvalue weighted by Gasteiger charge is -2.14. The van der Waals surface area contributed by atoms with Gasteiger partial charge in [-0.2, -0.15) is 0 Å². The first-order valence-corrected chi connectivity index (χ1v) is 10.6. The Balaban J connectivity index is 1.38. The molecule has 1 saturated heterocycles. The van der Waals surface area contributed by atoms with Gasteiger partial charge in [0.05, 0.1) is 4.91 Å². The number of hydrogen-bond acceptors (Lipinski definition) is 8. The van der Waals surface area contributed by atoms with Gasteiger partial charge in [0.1, 0.15) is 15.6 Å². The first-order chi connectivity index (χ1) is 15.3. The number of nitrogens with one attached hydrogen (secondary N) is 1. The topological polar surface area (TPSA) is 125 Å². The molecule has 32 heavy (non-hydrogen) atoms. The van der Waals surface area contributed by atoms with Crippen LogP contribution >= 0.6 is 24.0 Å². The Morgan fingerprint density at radius 3 is 2.75 bits per heavy atom. The Hall–Kier alpha value is -3.57. The highest BCUT2D eigenvalue weighted by Crippen LogP contribution is 2.36. The number of amides is 2. The Morgan fingerprint density at radius 2 is 1.97 bits per heavy atom. The van der Waals surface area contributed by atoms with Crippen molar-refractivity contribution in [2.45, 2.75) is 6.42 Å². The average molecular weight is 473 g/mol. The summed E-state index contributed by atoms with van der Waals surface area (Å²) in [5, 5.41) is 21.2. The van der Waals surface area contributed by atoms with Crippen molar-refractivity contribution < 1.29 is 34.1 Å². The van der Waals surface area contributed by atoms with Crippen LogP contribution < -0.4 is 14.8 Å². The van der Waals surface area contributed by atoms with Gasteiger partial charge >= 0.3 is 5.97 Å². The fraction of sp³-hybridized carbons (Fsp3) is 0.143. The third kappa shape index (κ3) is 4.53. The summed E-state index contributed by atoms with van der Waals surface area (Å²) in [6.07, 6.45) is 1.65. The first kappa shape index (κ1) is 21.7. The summed E-state index contributed by atoms with van der Waals surface area (Å²) < 4.78 is 11.0. The van der Waals surface area contributed by atoms with Crippen LogP contribution in [-0.2, 0) is 9.59 Å². The number of phenols is 1. The molecule has 164 valence electrons. The molecule has 9 nitrogen and oxygen atoms in total. The molecule has 2 aliphatic heterocycles. The molecule has 11 heteroatoms. The van der Waals surface area contributed by atoms with Crippen LogP contribution in [0.25, 0.3) is 6.08 Å². The van der Waals surface area contributed by atoms with Crippen molar-refractivity contribution in [3.05, 3.63) is 52.4 Å². The summed E-state index contributed by atoms with van der Waals surface area (Å²) >= 11 is 6.43. The zero-order valence-corrected chi connectivity index (χ0v) is 18.0. The van der Waals surface area contributed by atoms with Gasteiger partial charge < -0.3 is 25.0 Å². The van der Waals surface area contributed by atoms with E-state index in [4.69, 9.17) is 26.8 Å². The van der Waals surface area contributed by atoms with Crippen molar-refractivity contribution in [1.29, 1.82) is 0 Å². The minimum atomic E-state index is -1.31. The van der Waals surface area contributed by atoms with Gasteiger partial charge in [0, 0.05) is 18.7 Å². The highest BCUT2D eigenvalue weighted by molar-refractivity contribution is 8.26. The molecule has 4 rings (SSSR count). The lowest BCUT2D eigenvalue weighted by atomic mass is 10.1. The number of carboxylic acid groups (broad SMARTS) is 1. The maximum Gasteiger partial charge on any atom is 0.339 e. The number of carbonyl (C=O) groups is 3. The normalized spacial score (nSPS) is 16.0. The van der Waals surface area contributed by atoms with Crippen LogP contribution in [0.15, 0.2) is 41.3 Å². The van der Waals surface area contributed by atoms with Gasteiger partial charge in [-0.05, 0) is 42.0 Å². The molecule has 2 heterocycles. The maximum atomic E-state index is 12.8. The Kier molecular flexibility index (Phi) is 6.01. The molecular weight excluding hydrogens is 456 g/mol. The van der Waals surface area contributed by atoms with E-state index >= 15 is 0 Å². The van der Waals surface area contributed by atoms with E-state index in [1.165, 1.54) is 17.0 Å². The lowest BCUT2D eigenvalue weighted by molar-refractivity contribution is -0.122. The minimum absolute atomic E-state index is 0.0486. The summed E-state index contributed by atoms with van der Waals surface area (Å²) in [5.74, 6) is -1.20. The third-order valence-electron chi connectivity index (χ3n) is 4.64. The standard InChI is InChI=1S/C21H16N2O7S2/c24-14-3-2-12(9-13(14)20(27)28)22-18(25)5-6-23-19(26)17(32-21(23)31)8-11-1-4-15-16(7-11)30-10-29-15/h1-4,7-9,24H,5-6,10H2,(H,22,25)(H,27,28)/b17-8+. The maximum absolute atomic E-state index is 12.8. The molecule has 0 atom stereocenters. The van der Waals surface area contributed by atoms with Crippen LogP contribution in [0.1, 0.15) is 22.3 Å². The Morgan fingerprint density at radius 1 is 1.19 bits per heavy atom. The lowest BCUT2D eigenvalue weighted by Crippen LogP contribution is -2.31. The van der Waals surface area contributed by atoms with Gasteiger partial charge in [-0.1, -0.05) is 30.0 Å². The van der Waals surface area contributed by atoms with Gasteiger partial charge in [0.15, 0.2) is 11.5 Å². The van der Waals surface area contributed by atoms with E-state index in [2.05, 4.69) is 5.32 Å². The number of rotatable bonds is 6. The van der Waals surface area contributed by atoms with Gasteiger partial charge in [0.2, 0.25) is 12.7 Å². The highest BCUT2D eigenvalue weighted by atomic mass is 32.2. The number of thiocarbonyl (C=S) groups is 1. The Labute approximate surface area is 191 Å². The molecule has 2 aliphatic rings. The zero-order valence-electron chi connectivity index (χ0n) is 16.4. The molecule has 2 aromatic carbocycles. The molecule has 0 aliphatic carbocycles. The van der Waals surface area contributed by atoms with Crippen molar-refractivity contribution in [1.82, 2.24) is 4.90 Å². The van der Waals surface area contributed by atoms with Crippen LogP contribution in [0, 0.1) is 0 Å². The van der Waals surface area contributed by atoms with Gasteiger partial charge in [-0.3, -0.25) is 14.5 Å². The third-order valence-corrected chi connectivity index (χ3v) is 6.02. The molecule has 3 N–H and O–H groups in total. The zero-order chi connectivity index (χ0) is 22.8. The van der Waals surface area contributed by atoms with E-state index < -0.39 is 17.6 Å². The van der Waals surface area contributed by atoms with E-state index in [9.17, 15) is 19.5 Å². The van der Waals surface area contributed by atoms with Crippen molar-refractivity contribution in [2.75, 3.05) is 18.7 Å². The number of hydrogen-bond donors (Lipinski definition) is 3. The first-order valence-electron chi connectivity index (χ1n) is 9.33. The predicted molar refractivity (Wildman–Crippen MR) is 121 cm³/mol. The second-order valence-corrected chi connectivity index (χ2v) is 8.46. The number of nitrogens with zero attached hydrogens (tertiary/aromatic N) is 1. The smallest absolute Gasteiger partial charge is 0.339 e. The molecule has 0 unspecified atom stereocenters. The number of carboxylic acids is 1. The van der Waals surface area contributed by atoms with Crippen LogP contribution in [0.2, 0.25) is 0 Å². The van der Waals surface area contributed by atoms with Crippen LogP contribution in [0.5, 0.6) is 17.2 Å². The number of fused-ring (bicyclic) bond motifs is 1. The van der Waals surface area contributed by atoms with E-state index in [0.29, 0.717) is 20.7 Å². The summed E-state index contributed by atoms with van der Waals surface area (Å²) in [7, 11) is 0. The number of anilines is 1. The van der Waals surface area contributed by atoms with Gasteiger partial charge in [-0.25, -0.2) is 4.79 Å². The average Bonchev–Trinajstić information content (AvgIpc) is 3.32. The second-order valence-electron chi connectivity index (χ2n) is 6.78. The number of thioether (sulfide) groups is 1. The molecule has 2 aromatic rings. The second kappa shape index (κ2) is 8.89. The SMILES string of the molecule is O=C(CCN1C(=O)/C(=C\c2ccc3c(c2)OCO3)SC1=S)Nc1ccc(O)c(C(=O)O)c1. The quantitative estimate of drug-likeness (QED) is 0.330. The number of benzene rings is 2. The molecule has 1 fully saturated rings. The molecule has 0 spiro atoms. The van der Waals surface area contributed by atoms with Crippen LogP contribution in [-0.4, -0.2) is 50.6 Å². The molecular formula is C21H16N2O7S2. The number of carbonyl (C=O) groups excluding carboxylic acids is 2. The summed E-state index contributed by atoms with van der Waals surface area (Å²) in [6.45, 7) is 0.226. The van der Waals surface area contributed by atoms with Crippen molar-refractivity contribution in [3.8, 4) is 17.2 Å². The Bertz CT molecular complexity index is 1180. The molecule has 0 bridgehead atoms. The fourth-order valence-corrected chi connectivity index (χ4v) is 4.38. The number of ether oxygens (including phenoxy) is 2. The van der Waals surface area contributed by atoms with Crippen LogP contribution in [0.3, 0.4) is 0 Å². The van der Waals surface area contributed by atoms with Crippen molar-refractivity contribution >= 4 is 57.8 Å². The van der Waals surface area contributed by atoms with E-state index in [1.54, 1.807) is 24.3 Å².